The fourth-order valence-electron chi connectivity index (χ4n) is 9.58. The van der Waals surface area contributed by atoms with Gasteiger partial charge < -0.3 is 34.1 Å². The van der Waals surface area contributed by atoms with Crippen molar-refractivity contribution in [3.8, 4) is 28.1 Å². The number of methoxy groups -OCH3 is 1. The van der Waals surface area contributed by atoms with Crippen molar-refractivity contribution >= 4 is 35.1 Å². The summed E-state index contributed by atoms with van der Waals surface area (Å²) in [7, 11) is 3.00. The predicted molar refractivity (Wildman–Crippen MR) is 247 cm³/mol. The zero-order valence-electron chi connectivity index (χ0n) is 39.9. The minimum atomic E-state index is -4.62. The number of fused-ring (bicyclic) bond motifs is 1. The molecule has 2 fully saturated rings. The van der Waals surface area contributed by atoms with E-state index in [2.05, 4.69) is 28.3 Å². The number of benzene rings is 2. The number of phenolic OH excluding ortho intramolecular Hbond substituents is 1. The molecular weight excluding hydrogens is 870 g/mol. The van der Waals surface area contributed by atoms with Crippen molar-refractivity contribution < 1.29 is 51.7 Å². The van der Waals surface area contributed by atoms with Crippen LogP contribution in [-0.2, 0) is 52.8 Å². The summed E-state index contributed by atoms with van der Waals surface area (Å²) in [4.78, 5) is 59.5. The highest BCUT2D eigenvalue weighted by Crippen LogP contribution is 2.42. The van der Waals surface area contributed by atoms with Gasteiger partial charge in [0.1, 0.15) is 23.9 Å². The van der Waals surface area contributed by atoms with E-state index in [4.69, 9.17) is 19.2 Å². The van der Waals surface area contributed by atoms with E-state index in [9.17, 15) is 37.5 Å². The van der Waals surface area contributed by atoms with Crippen LogP contribution < -0.4 is 10.7 Å². The van der Waals surface area contributed by atoms with Crippen LogP contribution in [0.3, 0.4) is 0 Å². The maximum atomic E-state index is 14.4. The molecule has 0 aliphatic carbocycles. The second-order valence-electron chi connectivity index (χ2n) is 19.1. The van der Waals surface area contributed by atoms with Gasteiger partial charge in [0.2, 0.25) is 5.91 Å². The zero-order chi connectivity index (χ0) is 49.0. The molecule has 3 N–H and O–H groups in total. The Kier molecular flexibility index (Phi) is 16.1. The molecule has 6 atom stereocenters. The summed E-state index contributed by atoms with van der Waals surface area (Å²) in [6.07, 6.45) is -5.10. The van der Waals surface area contributed by atoms with Crippen molar-refractivity contribution in [1.29, 1.82) is 0 Å². The van der Waals surface area contributed by atoms with Crippen molar-refractivity contribution in [3.05, 3.63) is 71.5 Å². The van der Waals surface area contributed by atoms with Crippen LogP contribution in [-0.4, -0.2) is 113 Å². The summed E-state index contributed by atoms with van der Waals surface area (Å²) in [6, 6.07) is 12.7. The van der Waals surface area contributed by atoms with E-state index >= 15 is 0 Å². The zero-order valence-corrected chi connectivity index (χ0v) is 39.9. The van der Waals surface area contributed by atoms with Crippen molar-refractivity contribution in [1.82, 2.24) is 30.2 Å². The second-order valence-corrected chi connectivity index (χ2v) is 19.1. The van der Waals surface area contributed by atoms with Gasteiger partial charge in [0.15, 0.2) is 6.10 Å². The number of alkyl halides is 3. The van der Waals surface area contributed by atoms with Crippen LogP contribution in [0.5, 0.6) is 5.75 Å². The number of carbonyl (C=O) groups excluding carboxylic acids is 4. The monoisotopic (exact) mass is 934 g/mol. The molecule has 6 rings (SSSR count). The minimum absolute atomic E-state index is 0.0142. The average Bonchev–Trinajstić information content (AvgIpc) is 3.90. The molecule has 4 heterocycles. The molecular formula is C50H65F3N6O8. The molecule has 4 aromatic rings. The summed E-state index contributed by atoms with van der Waals surface area (Å²) in [6.45, 7) is 15.1. The highest BCUT2D eigenvalue weighted by Gasteiger charge is 2.48. The van der Waals surface area contributed by atoms with Gasteiger partial charge in [-0.25, -0.2) is 5.43 Å². The molecule has 17 heteroatoms. The smallest absolute Gasteiger partial charge is 0.414 e. The maximum absolute atomic E-state index is 14.4. The topological polar surface area (TPSA) is 165 Å². The van der Waals surface area contributed by atoms with Gasteiger partial charge in [-0.05, 0) is 117 Å². The molecule has 14 nitrogen and oxygen atoms in total. The lowest BCUT2D eigenvalue weighted by molar-refractivity contribution is -0.216. The standard InChI is InChI=1S/C50H65F3N6O8/c1-10-58-40-16-15-33(25-37(40)38(26-49(6,7)27-66-28-60)45(58)36-14-11-19-54-43(36)31(5)65-9)34-21-32(22-35(61)24-34)23-39(47(63)59-20-12-13-30(4)56-59)55-46(62)44(29(2)3)57(8)48(64)41-17-18-42(67-41)50(51,52)53/h11,14-16,19,21-22,24-25,28-31,39,41-42,44,56,61H,10,12-13,17-18,20,23,26-27H2,1-9H3,(H,55,62)/t30-,31+,39+,41?,42?,44?/m1/s1. The SMILES string of the molecule is CCn1c(-c2cccnc2[C@H](C)OC)c(CC(C)(C)COC=O)c2cc(-c3cc(O)cc(C[C@H](NC(=O)C(C(C)C)N(C)C(=O)C4CCC(C(F)(F)F)O4)C(=O)N4CCC[C@@H](C)N4)c3)ccc21. The fourth-order valence-corrected chi connectivity index (χ4v) is 9.58. The predicted octanol–water partition coefficient (Wildman–Crippen LogP) is 7.68. The molecule has 2 aromatic heterocycles. The van der Waals surface area contributed by atoms with Crippen LogP contribution in [0.25, 0.3) is 33.3 Å². The molecule has 3 unspecified atom stereocenters. The number of amides is 3. The Morgan fingerprint density at radius 1 is 1.07 bits per heavy atom. The van der Waals surface area contributed by atoms with E-state index in [-0.39, 0.29) is 43.8 Å². The Bertz CT molecular complexity index is 2420. The number of rotatable bonds is 18. The van der Waals surface area contributed by atoms with Crippen LogP contribution in [0.1, 0.15) is 97.1 Å². The van der Waals surface area contributed by atoms with E-state index in [1.807, 2.05) is 58.0 Å². The number of phenols is 1. The molecule has 3 amide bonds. The molecule has 0 bridgehead atoms. The third-order valence-electron chi connectivity index (χ3n) is 12.9. The van der Waals surface area contributed by atoms with Crippen LogP contribution in [0, 0.1) is 11.3 Å². The number of aromatic hydroxyl groups is 1. The third kappa shape index (κ3) is 11.6. The maximum Gasteiger partial charge on any atom is 0.414 e. The number of ether oxygens (including phenoxy) is 3. The lowest BCUT2D eigenvalue weighted by Crippen LogP contribution is -2.61. The number of nitrogens with zero attached hydrogens (tertiary/aromatic N) is 4. The number of nitrogens with one attached hydrogen (secondary N) is 2. The first-order valence-corrected chi connectivity index (χ1v) is 23.1. The van der Waals surface area contributed by atoms with Crippen LogP contribution >= 0.6 is 0 Å². The molecule has 2 aromatic carbocycles. The molecule has 0 radical (unpaired) electrons. The molecule has 2 aliphatic rings. The Balaban J connectivity index is 1.39. The Hall–Kier alpha value is -5.52. The van der Waals surface area contributed by atoms with Gasteiger partial charge in [-0.2, -0.15) is 13.2 Å². The van der Waals surface area contributed by atoms with Crippen LogP contribution in [0.15, 0.2) is 54.7 Å². The van der Waals surface area contributed by atoms with Crippen LogP contribution in [0.4, 0.5) is 13.2 Å². The molecule has 67 heavy (non-hydrogen) atoms. The highest BCUT2D eigenvalue weighted by atomic mass is 19.4. The first-order chi connectivity index (χ1) is 31.7. The normalized spacial score (nSPS) is 19.3. The molecule has 364 valence electrons. The van der Waals surface area contributed by atoms with Gasteiger partial charge in [-0.3, -0.25) is 29.2 Å². The average molecular weight is 935 g/mol. The lowest BCUT2D eigenvalue weighted by Gasteiger charge is -2.36. The van der Waals surface area contributed by atoms with Gasteiger partial charge in [0.25, 0.3) is 18.3 Å². The molecule has 2 saturated heterocycles. The summed E-state index contributed by atoms with van der Waals surface area (Å²) < 4.78 is 58.7. The second kappa shape index (κ2) is 21.2. The quantitative estimate of drug-likeness (QED) is 0.0844. The number of aryl methyl sites for hydroxylation is 1. The minimum Gasteiger partial charge on any atom is -0.508 e. The fraction of sp³-hybridized carbons (Fsp3) is 0.540. The van der Waals surface area contributed by atoms with Gasteiger partial charge in [0, 0.05) is 67.8 Å². The van der Waals surface area contributed by atoms with E-state index in [1.165, 1.54) is 12.1 Å². The number of halogens is 3. The summed E-state index contributed by atoms with van der Waals surface area (Å²) in [5.74, 6) is -2.40. The highest BCUT2D eigenvalue weighted by molar-refractivity contribution is 5.96. The van der Waals surface area contributed by atoms with Crippen molar-refractivity contribution in [2.45, 2.75) is 136 Å². The van der Waals surface area contributed by atoms with Crippen molar-refractivity contribution in [2.75, 3.05) is 27.3 Å². The van der Waals surface area contributed by atoms with Gasteiger partial charge in [-0.15, -0.1) is 0 Å². The van der Waals surface area contributed by atoms with Crippen molar-refractivity contribution in [3.63, 3.8) is 0 Å². The lowest BCUT2D eigenvalue weighted by atomic mass is 9.84. The number of pyridine rings is 1. The Morgan fingerprint density at radius 3 is 2.46 bits per heavy atom. The van der Waals surface area contributed by atoms with Gasteiger partial charge in [0.05, 0.1) is 24.1 Å². The number of hydrazine groups is 1. The third-order valence-corrected chi connectivity index (χ3v) is 12.9. The number of hydrogen-bond acceptors (Lipinski definition) is 10. The number of likely N-dealkylation sites (N-methyl/N-ethyl adjacent to an activating group) is 1. The van der Waals surface area contributed by atoms with E-state index < -0.39 is 59.5 Å². The Morgan fingerprint density at radius 2 is 1.82 bits per heavy atom. The van der Waals surface area contributed by atoms with Crippen molar-refractivity contribution in [2.24, 2.45) is 11.3 Å². The van der Waals surface area contributed by atoms with E-state index in [1.54, 1.807) is 39.3 Å². The number of carbonyl (C=O) groups is 4. The van der Waals surface area contributed by atoms with E-state index in [0.29, 0.717) is 37.1 Å². The number of hydrogen-bond donors (Lipinski definition) is 3. The molecule has 2 aliphatic heterocycles. The summed E-state index contributed by atoms with van der Waals surface area (Å²) >= 11 is 0. The first-order valence-electron chi connectivity index (χ1n) is 23.1. The van der Waals surface area contributed by atoms with Gasteiger partial charge in [-0.1, -0.05) is 39.8 Å². The number of aromatic nitrogens is 2. The molecule has 0 saturated carbocycles. The van der Waals surface area contributed by atoms with Crippen LogP contribution in [0.2, 0.25) is 0 Å². The van der Waals surface area contributed by atoms with Gasteiger partial charge >= 0.3 is 6.18 Å². The summed E-state index contributed by atoms with van der Waals surface area (Å²) in [5.41, 5.74) is 9.30. The largest absolute Gasteiger partial charge is 0.508 e. The molecule has 0 spiro atoms. The summed E-state index contributed by atoms with van der Waals surface area (Å²) in [5, 5.41) is 16.6. The Labute approximate surface area is 390 Å². The first kappa shape index (κ1) is 50.9. The van der Waals surface area contributed by atoms with E-state index in [0.717, 1.165) is 56.7 Å².